The molecule has 8 aromatic carbocycles. The number of ketones is 1. The SMILES string of the molecule is O=C(c1c(-c2ccccc2)c(-c2ccccc2)c(-c2cccnc2)c(-c2ccccn2)c1-c1ccccc1)c1c(-c2ccccc2)c(-c2ccccc2)c(-c2ccccn2)c(-c2ccccn2)c1-c1ccccc1. The van der Waals surface area contributed by atoms with Crippen LogP contribution in [0.3, 0.4) is 0 Å². The van der Waals surface area contributed by atoms with Crippen molar-refractivity contribution in [3.05, 3.63) is 291 Å². The molecule has 0 saturated carbocycles. The molecule has 12 aromatic rings. The van der Waals surface area contributed by atoms with Crippen LogP contribution in [-0.2, 0) is 0 Å². The Morgan fingerprint density at radius 1 is 0.230 bits per heavy atom. The first-order valence-corrected chi connectivity index (χ1v) is 24.7. The summed E-state index contributed by atoms with van der Waals surface area (Å²) in [5.41, 5.74) is 17.6. The van der Waals surface area contributed by atoms with Crippen molar-refractivity contribution in [1.29, 1.82) is 0 Å². The number of carbonyl (C=O) groups excluding carboxylic acids is 1. The van der Waals surface area contributed by atoms with Crippen LogP contribution in [0.2, 0.25) is 0 Å². The van der Waals surface area contributed by atoms with Crippen LogP contribution >= 0.6 is 0 Å². The van der Waals surface area contributed by atoms with E-state index < -0.39 is 0 Å². The van der Waals surface area contributed by atoms with E-state index in [1.54, 1.807) is 6.20 Å². The molecule has 0 spiro atoms. The first kappa shape index (κ1) is 45.2. The van der Waals surface area contributed by atoms with Gasteiger partial charge in [-0.25, -0.2) is 0 Å². The minimum atomic E-state index is -0.172. The first-order valence-electron chi connectivity index (χ1n) is 24.7. The number of hydrogen-bond donors (Lipinski definition) is 0. The van der Waals surface area contributed by atoms with Gasteiger partial charge in [-0.05, 0) is 81.4 Å². The molecule has 12 rings (SSSR count). The lowest BCUT2D eigenvalue weighted by atomic mass is 9.71. The lowest BCUT2D eigenvalue weighted by Gasteiger charge is -2.30. The van der Waals surface area contributed by atoms with Gasteiger partial charge in [0.2, 0.25) is 0 Å². The second-order valence-electron chi connectivity index (χ2n) is 17.9. The minimum absolute atomic E-state index is 0.172. The number of nitrogens with zero attached hydrogens (tertiary/aromatic N) is 4. The molecular weight excluding hydrogens is 901 g/mol. The van der Waals surface area contributed by atoms with Gasteiger partial charge in [-0.1, -0.05) is 206 Å². The molecule has 0 aliphatic rings. The van der Waals surface area contributed by atoms with Crippen molar-refractivity contribution in [1.82, 2.24) is 19.9 Å². The van der Waals surface area contributed by atoms with Gasteiger partial charge >= 0.3 is 0 Å². The van der Waals surface area contributed by atoms with Crippen LogP contribution in [-0.4, -0.2) is 25.7 Å². The monoisotopic (exact) mass is 946 g/mol. The topological polar surface area (TPSA) is 68.6 Å². The lowest BCUT2D eigenvalue weighted by molar-refractivity contribution is 0.104. The number of rotatable bonds is 12. The second kappa shape index (κ2) is 20.4. The molecule has 0 unspecified atom stereocenters. The molecular formula is C69H46N4O. The number of carbonyl (C=O) groups is 1. The smallest absolute Gasteiger partial charge is 0.195 e. The Bertz CT molecular complexity index is 3420. The molecule has 0 N–H and O–H groups in total. The summed E-state index contributed by atoms with van der Waals surface area (Å²) in [6, 6.07) is 84.3. The van der Waals surface area contributed by atoms with Gasteiger partial charge in [0.05, 0.1) is 17.1 Å². The Balaban J connectivity index is 1.40. The fourth-order valence-corrected chi connectivity index (χ4v) is 10.5. The minimum Gasteiger partial charge on any atom is -0.289 e. The summed E-state index contributed by atoms with van der Waals surface area (Å²) in [4.78, 5) is 38.4. The van der Waals surface area contributed by atoms with Crippen molar-refractivity contribution in [2.45, 2.75) is 0 Å². The van der Waals surface area contributed by atoms with E-state index in [1.807, 2.05) is 152 Å². The third kappa shape index (κ3) is 8.38. The average molecular weight is 947 g/mol. The summed E-state index contributed by atoms with van der Waals surface area (Å²) in [7, 11) is 0. The summed E-state index contributed by atoms with van der Waals surface area (Å²) in [5.74, 6) is -0.172. The average Bonchev–Trinajstić information content (AvgIpc) is 3.50. The van der Waals surface area contributed by atoms with Gasteiger partial charge in [0.25, 0.3) is 0 Å². The summed E-state index contributed by atoms with van der Waals surface area (Å²) in [6.07, 6.45) is 9.21. The van der Waals surface area contributed by atoms with Crippen LogP contribution in [0, 0.1) is 0 Å². The molecule has 4 aromatic heterocycles. The van der Waals surface area contributed by atoms with E-state index in [0.29, 0.717) is 22.5 Å². The maximum atomic E-state index is 18.2. The third-order valence-electron chi connectivity index (χ3n) is 13.5. The molecule has 0 aliphatic carbocycles. The normalized spacial score (nSPS) is 11.0. The lowest BCUT2D eigenvalue weighted by Crippen LogP contribution is -2.15. The molecule has 0 fully saturated rings. The van der Waals surface area contributed by atoms with Crippen molar-refractivity contribution in [2.24, 2.45) is 0 Å². The van der Waals surface area contributed by atoms with E-state index in [2.05, 4.69) is 121 Å². The molecule has 4 heterocycles. The van der Waals surface area contributed by atoms with Crippen LogP contribution in [0.25, 0.3) is 112 Å². The standard InChI is InChI=1S/C69H46N4O/c74-69(67-59(49-30-11-3-12-31-49)57(47-26-7-1-8-27-47)63(53-38-25-42-70-46-53)64(54-39-19-22-43-71-54)61(67)51-34-15-5-16-35-51)68-60(50-32-13-4-14-33-50)58(48-28-9-2-10-29-48)65(55-40-20-23-44-72-55)66(56-41-21-24-45-73-56)62(68)52-36-17-6-18-37-52/h1-46H. The van der Waals surface area contributed by atoms with Crippen molar-refractivity contribution >= 4 is 5.78 Å². The van der Waals surface area contributed by atoms with Crippen LogP contribution in [0.5, 0.6) is 0 Å². The molecule has 0 radical (unpaired) electrons. The van der Waals surface area contributed by atoms with Crippen LogP contribution in [0.4, 0.5) is 0 Å². The van der Waals surface area contributed by atoms with E-state index in [1.165, 1.54) is 0 Å². The highest BCUT2D eigenvalue weighted by Crippen LogP contribution is 2.57. The Morgan fingerprint density at radius 2 is 0.486 bits per heavy atom. The maximum Gasteiger partial charge on any atom is 0.195 e. The van der Waals surface area contributed by atoms with E-state index in [9.17, 15) is 0 Å². The van der Waals surface area contributed by atoms with Gasteiger partial charge < -0.3 is 0 Å². The molecule has 348 valence electrons. The first-order chi connectivity index (χ1) is 36.7. The largest absolute Gasteiger partial charge is 0.289 e. The Kier molecular flexibility index (Phi) is 12.5. The zero-order valence-corrected chi connectivity index (χ0v) is 40.3. The number of benzene rings is 8. The highest BCUT2D eigenvalue weighted by atomic mass is 16.1. The Labute approximate surface area is 430 Å². The van der Waals surface area contributed by atoms with Crippen molar-refractivity contribution in [2.75, 3.05) is 0 Å². The molecule has 5 nitrogen and oxygen atoms in total. The number of pyridine rings is 4. The number of aromatic nitrogens is 4. The highest BCUT2D eigenvalue weighted by molar-refractivity contribution is 6.30. The van der Waals surface area contributed by atoms with Gasteiger partial charge in [-0.15, -0.1) is 0 Å². The Morgan fingerprint density at radius 3 is 0.797 bits per heavy atom. The Hall–Kier alpha value is -9.97. The third-order valence-corrected chi connectivity index (χ3v) is 13.5. The van der Waals surface area contributed by atoms with E-state index in [4.69, 9.17) is 19.9 Å². The quantitative estimate of drug-likeness (QED) is 0.114. The van der Waals surface area contributed by atoms with Gasteiger partial charge in [0, 0.05) is 97.7 Å². The zero-order valence-electron chi connectivity index (χ0n) is 40.3. The predicted molar refractivity (Wildman–Crippen MR) is 302 cm³/mol. The second-order valence-corrected chi connectivity index (χ2v) is 17.9. The van der Waals surface area contributed by atoms with Gasteiger partial charge in [-0.2, -0.15) is 0 Å². The van der Waals surface area contributed by atoms with Crippen LogP contribution in [0.1, 0.15) is 15.9 Å². The fraction of sp³-hybridized carbons (Fsp3) is 0. The fourth-order valence-electron chi connectivity index (χ4n) is 10.5. The highest BCUT2D eigenvalue weighted by Gasteiger charge is 2.37. The molecule has 0 saturated heterocycles. The summed E-state index contributed by atoms with van der Waals surface area (Å²) in [5, 5.41) is 0. The zero-order chi connectivity index (χ0) is 49.6. The van der Waals surface area contributed by atoms with E-state index in [-0.39, 0.29) is 5.78 Å². The summed E-state index contributed by atoms with van der Waals surface area (Å²) in [6.45, 7) is 0. The van der Waals surface area contributed by atoms with Crippen molar-refractivity contribution in [3.8, 4) is 112 Å². The van der Waals surface area contributed by atoms with Gasteiger partial charge in [-0.3, -0.25) is 24.7 Å². The summed E-state index contributed by atoms with van der Waals surface area (Å²) < 4.78 is 0. The number of hydrogen-bond acceptors (Lipinski definition) is 5. The predicted octanol–water partition coefficient (Wildman–Crippen LogP) is 17.2. The van der Waals surface area contributed by atoms with Gasteiger partial charge in [0.1, 0.15) is 0 Å². The molecule has 0 atom stereocenters. The van der Waals surface area contributed by atoms with E-state index in [0.717, 1.165) is 100 Å². The van der Waals surface area contributed by atoms with Crippen LogP contribution in [0.15, 0.2) is 280 Å². The molecule has 74 heavy (non-hydrogen) atoms. The molecule has 0 amide bonds. The molecule has 0 bridgehead atoms. The van der Waals surface area contributed by atoms with Crippen LogP contribution < -0.4 is 0 Å². The van der Waals surface area contributed by atoms with Crippen molar-refractivity contribution in [3.63, 3.8) is 0 Å². The van der Waals surface area contributed by atoms with Crippen molar-refractivity contribution < 1.29 is 4.79 Å². The molecule has 0 aliphatic heterocycles. The van der Waals surface area contributed by atoms with E-state index >= 15 is 4.79 Å². The van der Waals surface area contributed by atoms with Gasteiger partial charge in [0.15, 0.2) is 5.78 Å². The maximum absolute atomic E-state index is 18.2. The molecule has 5 heteroatoms. The summed E-state index contributed by atoms with van der Waals surface area (Å²) >= 11 is 0.